The van der Waals surface area contributed by atoms with Gasteiger partial charge >= 0.3 is 0 Å². The molecule has 2 aromatic heterocycles. The van der Waals surface area contributed by atoms with Crippen molar-refractivity contribution in [3.63, 3.8) is 0 Å². The van der Waals surface area contributed by atoms with Gasteiger partial charge in [0.25, 0.3) is 0 Å². The van der Waals surface area contributed by atoms with Crippen molar-refractivity contribution in [2.24, 2.45) is 12.0 Å². The molecule has 0 aliphatic carbocycles. The van der Waals surface area contributed by atoms with Crippen LogP contribution in [0.25, 0.3) is 0 Å². The Bertz CT molecular complexity index is 1590. The van der Waals surface area contributed by atoms with Gasteiger partial charge in [-0.3, -0.25) is 15.4 Å². The molecule has 0 amide bonds. The van der Waals surface area contributed by atoms with E-state index in [1.807, 2.05) is 74.5 Å². The molecule has 49 heavy (non-hydrogen) atoms. The topological polar surface area (TPSA) is 127 Å². The summed E-state index contributed by atoms with van der Waals surface area (Å²) in [7, 11) is 7.23. The molecule has 3 rings (SSSR count). The number of aryl methyl sites for hydroxylation is 2. The first-order valence-electron chi connectivity index (χ1n) is 16.2. The van der Waals surface area contributed by atoms with E-state index in [1.165, 1.54) is 11.3 Å². The summed E-state index contributed by atoms with van der Waals surface area (Å²) >= 11 is 1.29. The van der Waals surface area contributed by atoms with Crippen molar-refractivity contribution in [1.82, 2.24) is 9.47 Å². The van der Waals surface area contributed by atoms with Crippen molar-refractivity contribution < 1.29 is 23.5 Å². The second kappa shape index (κ2) is 20.7. The number of imidazole rings is 1. The number of hydrogen-bond acceptors (Lipinski definition) is 11. The number of nitrogens with one attached hydrogen (secondary N) is 1. The molecular formula is C35H50N9O4S+. The number of aromatic nitrogens is 2. The molecule has 2 heterocycles. The zero-order chi connectivity index (χ0) is 35.6. The first kappa shape index (κ1) is 38.8. The minimum atomic E-state index is 0.486. The van der Waals surface area contributed by atoms with Gasteiger partial charge in [-0.25, -0.2) is 9.13 Å². The van der Waals surface area contributed by atoms with Crippen molar-refractivity contribution in [3.05, 3.63) is 64.7 Å². The van der Waals surface area contributed by atoms with Gasteiger partial charge in [-0.05, 0) is 38.0 Å². The minimum absolute atomic E-state index is 0.486. The maximum atomic E-state index is 9.75. The van der Waals surface area contributed by atoms with E-state index in [4.69, 9.17) is 18.9 Å². The highest BCUT2D eigenvalue weighted by Gasteiger charge is 2.20. The van der Waals surface area contributed by atoms with Gasteiger partial charge in [0.1, 0.15) is 46.7 Å². The fraction of sp³-hybridized carbons (Fsp3) is 0.486. The highest BCUT2D eigenvalue weighted by Crippen LogP contribution is 2.37. The van der Waals surface area contributed by atoms with E-state index >= 15 is 0 Å². The Hall–Kier alpha value is -4.60. The van der Waals surface area contributed by atoms with E-state index < -0.39 is 0 Å². The number of methoxy groups -OCH3 is 1. The Labute approximate surface area is 294 Å². The van der Waals surface area contributed by atoms with Crippen molar-refractivity contribution in [1.29, 1.82) is 10.5 Å². The molecule has 0 unspecified atom stereocenters. The first-order valence-corrected chi connectivity index (χ1v) is 17.0. The summed E-state index contributed by atoms with van der Waals surface area (Å²) in [5, 5.41) is 21.7. The van der Waals surface area contributed by atoms with Crippen LogP contribution in [0.1, 0.15) is 28.5 Å². The van der Waals surface area contributed by atoms with E-state index in [9.17, 15) is 10.5 Å². The van der Waals surface area contributed by atoms with Crippen molar-refractivity contribution in [3.8, 4) is 17.9 Å². The lowest BCUT2D eigenvalue weighted by Gasteiger charge is -2.29. The van der Waals surface area contributed by atoms with Crippen molar-refractivity contribution >= 4 is 34.1 Å². The molecule has 3 aromatic rings. The molecule has 0 aliphatic heterocycles. The van der Waals surface area contributed by atoms with Crippen LogP contribution in [0.4, 0.5) is 16.4 Å². The number of rotatable bonds is 22. The van der Waals surface area contributed by atoms with Crippen LogP contribution >= 0.6 is 11.3 Å². The smallest absolute Gasteiger partial charge is 0.243 e. The SMILES string of the molecule is C/C=C\N(C=NC)CCOCCN(CCOCCOCCn1cc[n+](C)c1)c1cc(C)c(NN(C)c2sc(C#N)c(C)c2C#N)cc1OC. The van der Waals surface area contributed by atoms with Gasteiger partial charge in [0, 0.05) is 46.0 Å². The minimum Gasteiger partial charge on any atom is -0.495 e. The number of ether oxygens (including phenoxy) is 4. The number of allylic oxidation sites excluding steroid dienone is 1. The van der Waals surface area contributed by atoms with Crippen LogP contribution in [0, 0.1) is 36.5 Å². The predicted octanol–water partition coefficient (Wildman–Crippen LogP) is 4.26. The lowest BCUT2D eigenvalue weighted by atomic mass is 10.1. The summed E-state index contributed by atoms with van der Waals surface area (Å²) in [6.07, 6.45) is 11.8. The molecule has 0 saturated heterocycles. The largest absolute Gasteiger partial charge is 0.495 e. The number of anilines is 3. The Morgan fingerprint density at radius 3 is 2.33 bits per heavy atom. The molecule has 0 saturated carbocycles. The monoisotopic (exact) mass is 692 g/mol. The molecular weight excluding hydrogens is 643 g/mol. The lowest BCUT2D eigenvalue weighted by Crippen LogP contribution is -2.32. The van der Waals surface area contributed by atoms with Crippen molar-refractivity contribution in [2.75, 3.05) is 95.8 Å². The van der Waals surface area contributed by atoms with Crippen LogP contribution in [-0.2, 0) is 27.8 Å². The van der Waals surface area contributed by atoms with Crippen LogP contribution < -0.4 is 24.6 Å². The molecule has 0 radical (unpaired) electrons. The number of hydrazine groups is 1. The van der Waals surface area contributed by atoms with E-state index in [0.29, 0.717) is 86.0 Å². The van der Waals surface area contributed by atoms with E-state index in [0.717, 1.165) is 23.5 Å². The Balaban J connectivity index is 1.66. The number of hydrogen-bond donors (Lipinski definition) is 1. The van der Waals surface area contributed by atoms with Gasteiger partial charge in [-0.2, -0.15) is 10.5 Å². The van der Waals surface area contributed by atoms with Gasteiger partial charge in [0.15, 0.2) is 0 Å². The maximum Gasteiger partial charge on any atom is 0.243 e. The Morgan fingerprint density at radius 2 is 1.71 bits per heavy atom. The van der Waals surface area contributed by atoms with E-state index in [2.05, 4.69) is 38.1 Å². The summed E-state index contributed by atoms with van der Waals surface area (Å²) < 4.78 is 27.8. The van der Waals surface area contributed by atoms with Gasteiger partial charge in [0.05, 0.1) is 77.1 Å². The number of aliphatic imine (C=N–C) groups is 1. The molecule has 1 aromatic carbocycles. The predicted molar refractivity (Wildman–Crippen MR) is 194 cm³/mol. The Morgan fingerprint density at radius 1 is 1.02 bits per heavy atom. The number of nitrogens with zero attached hydrogens (tertiary/aromatic N) is 8. The third-order valence-electron chi connectivity index (χ3n) is 7.60. The zero-order valence-corrected chi connectivity index (χ0v) is 30.6. The number of nitriles is 2. The van der Waals surface area contributed by atoms with Gasteiger partial charge < -0.3 is 28.7 Å². The second-order valence-corrected chi connectivity index (χ2v) is 12.2. The van der Waals surface area contributed by atoms with Crippen LogP contribution in [-0.4, -0.2) is 96.3 Å². The summed E-state index contributed by atoms with van der Waals surface area (Å²) in [4.78, 5) is 8.82. The highest BCUT2D eigenvalue weighted by molar-refractivity contribution is 7.17. The first-order chi connectivity index (χ1) is 23.8. The number of thiophene rings is 1. The zero-order valence-electron chi connectivity index (χ0n) is 29.8. The number of benzene rings is 1. The van der Waals surface area contributed by atoms with E-state index in [1.54, 1.807) is 32.4 Å². The summed E-state index contributed by atoms with van der Waals surface area (Å²) in [5.41, 5.74) is 7.27. The summed E-state index contributed by atoms with van der Waals surface area (Å²) in [5.74, 6) is 0.683. The second-order valence-electron chi connectivity index (χ2n) is 11.2. The lowest BCUT2D eigenvalue weighted by molar-refractivity contribution is -0.671. The average Bonchev–Trinajstić information content (AvgIpc) is 3.66. The maximum absolute atomic E-state index is 9.75. The molecule has 0 spiro atoms. The molecule has 13 nitrogen and oxygen atoms in total. The van der Waals surface area contributed by atoms with Crippen LogP contribution in [0.5, 0.6) is 5.75 Å². The molecule has 1 N–H and O–H groups in total. The third kappa shape index (κ3) is 11.8. The van der Waals surface area contributed by atoms with Crippen LogP contribution in [0.2, 0.25) is 0 Å². The average molecular weight is 693 g/mol. The molecule has 0 fully saturated rings. The van der Waals surface area contributed by atoms with Crippen LogP contribution in [0.3, 0.4) is 0 Å². The molecule has 264 valence electrons. The van der Waals surface area contributed by atoms with Crippen molar-refractivity contribution in [2.45, 2.75) is 27.3 Å². The van der Waals surface area contributed by atoms with Crippen LogP contribution in [0.15, 0.2) is 48.1 Å². The van der Waals surface area contributed by atoms with Gasteiger partial charge in [0.2, 0.25) is 6.33 Å². The Kier molecular flexibility index (Phi) is 16.4. The molecule has 0 bridgehead atoms. The third-order valence-corrected chi connectivity index (χ3v) is 8.87. The fourth-order valence-corrected chi connectivity index (χ4v) is 6.00. The molecule has 14 heteroatoms. The highest BCUT2D eigenvalue weighted by atomic mass is 32.1. The normalized spacial score (nSPS) is 11.2. The molecule has 0 atom stereocenters. The molecule has 0 aliphatic rings. The van der Waals surface area contributed by atoms with Gasteiger partial charge in [-0.15, -0.1) is 11.3 Å². The standard InChI is InChI=1S/C35H50N9O4S/c1-8-9-42(26-38-4)12-16-46-18-14-44(15-19-48-21-20-47-17-13-43-11-10-40(5)27-43)32-22-28(2)31(23-33(32)45-7)39-41(6)35-30(24-36)29(3)34(25-37)49-35/h8-11,22-23,26-27,39H,12-21H2,1-7H3/q+1/b9-8-,38-26?. The summed E-state index contributed by atoms with van der Waals surface area (Å²) in [6.45, 7) is 11.7. The quantitative estimate of drug-likeness (QED) is 0.0537. The van der Waals surface area contributed by atoms with E-state index in [-0.39, 0.29) is 0 Å². The van der Waals surface area contributed by atoms with Gasteiger partial charge in [-0.1, -0.05) is 6.08 Å². The summed E-state index contributed by atoms with van der Waals surface area (Å²) in [6, 6.07) is 8.46. The fourth-order valence-electron chi connectivity index (χ4n) is 5.02.